The zero-order chi connectivity index (χ0) is 18.4. The standard InChI is InChI=1S/C20H23ClN2O2S/c1-24-18-10-8-17(9-11-18)22-20(26)23(14-19-3-2-12-25-19)13-15-4-6-16(21)7-5-15/h4-11,19H,2-3,12-14H2,1H3,(H,22,26)/t19-/m1/s1. The quantitative estimate of drug-likeness (QED) is 0.721. The van der Waals surface area contributed by atoms with Crippen LogP contribution in [0, 0.1) is 0 Å². The highest BCUT2D eigenvalue weighted by molar-refractivity contribution is 7.80. The molecule has 2 aromatic carbocycles. The van der Waals surface area contributed by atoms with Gasteiger partial charge in [-0.2, -0.15) is 0 Å². The molecule has 1 atom stereocenters. The number of hydrogen-bond donors (Lipinski definition) is 1. The highest BCUT2D eigenvalue weighted by atomic mass is 35.5. The fourth-order valence-electron chi connectivity index (χ4n) is 2.94. The van der Waals surface area contributed by atoms with E-state index in [0.717, 1.165) is 48.0 Å². The van der Waals surface area contributed by atoms with Crippen molar-refractivity contribution in [1.29, 1.82) is 0 Å². The van der Waals surface area contributed by atoms with Gasteiger partial charge < -0.3 is 19.7 Å². The van der Waals surface area contributed by atoms with E-state index in [1.165, 1.54) is 0 Å². The molecule has 1 heterocycles. The molecule has 0 amide bonds. The number of benzene rings is 2. The highest BCUT2D eigenvalue weighted by Crippen LogP contribution is 2.19. The maximum absolute atomic E-state index is 6.00. The van der Waals surface area contributed by atoms with E-state index in [-0.39, 0.29) is 6.10 Å². The van der Waals surface area contributed by atoms with Gasteiger partial charge in [0.15, 0.2) is 5.11 Å². The number of nitrogens with one attached hydrogen (secondary N) is 1. The zero-order valence-corrected chi connectivity index (χ0v) is 16.4. The van der Waals surface area contributed by atoms with Crippen LogP contribution in [0.4, 0.5) is 5.69 Å². The van der Waals surface area contributed by atoms with Crippen LogP contribution in [0.2, 0.25) is 5.02 Å². The van der Waals surface area contributed by atoms with Gasteiger partial charge in [-0.3, -0.25) is 0 Å². The van der Waals surface area contributed by atoms with Crippen LogP contribution in [0.25, 0.3) is 0 Å². The lowest BCUT2D eigenvalue weighted by molar-refractivity contribution is 0.0905. The largest absolute Gasteiger partial charge is 0.497 e. The van der Waals surface area contributed by atoms with Gasteiger partial charge >= 0.3 is 0 Å². The van der Waals surface area contributed by atoms with Crippen LogP contribution in [0.3, 0.4) is 0 Å². The van der Waals surface area contributed by atoms with Gasteiger partial charge in [-0.15, -0.1) is 0 Å². The number of nitrogens with zero attached hydrogens (tertiary/aromatic N) is 1. The Kier molecular flexibility index (Phi) is 6.72. The van der Waals surface area contributed by atoms with E-state index < -0.39 is 0 Å². The van der Waals surface area contributed by atoms with Crippen LogP contribution in [0.1, 0.15) is 18.4 Å². The lowest BCUT2D eigenvalue weighted by Crippen LogP contribution is -2.39. The number of methoxy groups -OCH3 is 1. The second-order valence-corrected chi connectivity index (χ2v) is 7.12. The molecule has 138 valence electrons. The summed E-state index contributed by atoms with van der Waals surface area (Å²) in [4.78, 5) is 2.15. The molecule has 3 rings (SSSR count). The van der Waals surface area contributed by atoms with Crippen molar-refractivity contribution in [2.75, 3.05) is 25.6 Å². The van der Waals surface area contributed by atoms with Crippen molar-refractivity contribution < 1.29 is 9.47 Å². The first-order chi connectivity index (χ1) is 12.6. The number of halogens is 1. The molecule has 0 bridgehead atoms. The summed E-state index contributed by atoms with van der Waals surface area (Å²) in [7, 11) is 1.66. The second kappa shape index (κ2) is 9.21. The summed E-state index contributed by atoms with van der Waals surface area (Å²) in [5.74, 6) is 0.818. The molecule has 0 unspecified atom stereocenters. The topological polar surface area (TPSA) is 33.7 Å². The maximum Gasteiger partial charge on any atom is 0.173 e. The number of hydrogen-bond acceptors (Lipinski definition) is 3. The normalized spacial score (nSPS) is 16.3. The van der Waals surface area contributed by atoms with Gasteiger partial charge in [-0.05, 0) is 67.0 Å². The molecule has 26 heavy (non-hydrogen) atoms. The minimum atomic E-state index is 0.220. The lowest BCUT2D eigenvalue weighted by atomic mass is 10.2. The van der Waals surface area contributed by atoms with E-state index in [0.29, 0.717) is 11.7 Å². The second-order valence-electron chi connectivity index (χ2n) is 6.30. The molecule has 2 aromatic rings. The van der Waals surface area contributed by atoms with Crippen molar-refractivity contribution >= 4 is 34.6 Å². The summed E-state index contributed by atoms with van der Waals surface area (Å²) in [6.45, 7) is 2.31. The molecule has 0 radical (unpaired) electrons. The Hall–Kier alpha value is -1.82. The van der Waals surface area contributed by atoms with Gasteiger partial charge in [-0.25, -0.2) is 0 Å². The van der Waals surface area contributed by atoms with Crippen LogP contribution < -0.4 is 10.1 Å². The first-order valence-electron chi connectivity index (χ1n) is 8.70. The summed E-state index contributed by atoms with van der Waals surface area (Å²) < 4.78 is 11.0. The summed E-state index contributed by atoms with van der Waals surface area (Å²) in [6.07, 6.45) is 2.40. The smallest absolute Gasteiger partial charge is 0.173 e. The van der Waals surface area contributed by atoms with Gasteiger partial charge in [0.25, 0.3) is 0 Å². The molecule has 1 N–H and O–H groups in total. The average Bonchev–Trinajstić information content (AvgIpc) is 3.17. The molecule has 0 saturated carbocycles. The van der Waals surface area contributed by atoms with Crippen molar-refractivity contribution in [1.82, 2.24) is 4.90 Å². The molecular weight excluding hydrogens is 368 g/mol. The fraction of sp³-hybridized carbons (Fsp3) is 0.350. The van der Waals surface area contributed by atoms with Crippen molar-refractivity contribution in [3.63, 3.8) is 0 Å². The molecule has 1 aliphatic rings. The van der Waals surface area contributed by atoms with E-state index in [4.69, 9.17) is 33.3 Å². The van der Waals surface area contributed by atoms with Gasteiger partial charge in [-0.1, -0.05) is 23.7 Å². The summed E-state index contributed by atoms with van der Waals surface area (Å²) in [6, 6.07) is 15.6. The van der Waals surface area contributed by atoms with Crippen molar-refractivity contribution in [3.05, 3.63) is 59.1 Å². The Morgan fingerprint density at radius 2 is 1.96 bits per heavy atom. The summed E-state index contributed by atoms with van der Waals surface area (Å²) in [5.41, 5.74) is 2.09. The number of rotatable bonds is 6. The Labute approximate surface area is 165 Å². The number of ether oxygens (including phenoxy) is 2. The molecule has 4 nitrogen and oxygen atoms in total. The first-order valence-corrected chi connectivity index (χ1v) is 9.48. The SMILES string of the molecule is COc1ccc(NC(=S)N(Cc2ccc(Cl)cc2)C[C@H]2CCCO2)cc1. The Bertz CT molecular complexity index is 716. The zero-order valence-electron chi connectivity index (χ0n) is 14.8. The lowest BCUT2D eigenvalue weighted by Gasteiger charge is -2.28. The predicted octanol–water partition coefficient (Wildman–Crippen LogP) is 4.73. The van der Waals surface area contributed by atoms with Crippen molar-refractivity contribution in [3.8, 4) is 5.75 Å². The van der Waals surface area contributed by atoms with Crippen LogP contribution in [0.15, 0.2) is 48.5 Å². The Morgan fingerprint density at radius 1 is 1.23 bits per heavy atom. The van der Waals surface area contributed by atoms with Gasteiger partial charge in [0, 0.05) is 30.4 Å². The monoisotopic (exact) mass is 390 g/mol. The molecule has 1 aliphatic heterocycles. The minimum Gasteiger partial charge on any atom is -0.497 e. The predicted molar refractivity (Wildman–Crippen MR) is 110 cm³/mol. The van der Waals surface area contributed by atoms with Gasteiger partial charge in [0.1, 0.15) is 5.75 Å². The molecule has 0 aliphatic carbocycles. The van der Waals surface area contributed by atoms with E-state index >= 15 is 0 Å². The van der Waals surface area contributed by atoms with Crippen LogP contribution in [-0.4, -0.2) is 36.4 Å². The van der Waals surface area contributed by atoms with Crippen molar-refractivity contribution in [2.45, 2.75) is 25.5 Å². The first kappa shape index (κ1) is 19.0. The van der Waals surface area contributed by atoms with E-state index in [2.05, 4.69) is 10.2 Å². The van der Waals surface area contributed by atoms with Crippen LogP contribution in [0.5, 0.6) is 5.75 Å². The third-order valence-corrected chi connectivity index (χ3v) is 4.98. The molecule has 0 spiro atoms. The highest BCUT2D eigenvalue weighted by Gasteiger charge is 2.21. The average molecular weight is 391 g/mol. The molecule has 1 fully saturated rings. The number of anilines is 1. The van der Waals surface area contributed by atoms with Crippen LogP contribution >= 0.6 is 23.8 Å². The van der Waals surface area contributed by atoms with E-state index in [1.54, 1.807) is 7.11 Å². The Morgan fingerprint density at radius 3 is 2.58 bits per heavy atom. The van der Waals surface area contributed by atoms with Gasteiger partial charge in [0.2, 0.25) is 0 Å². The third-order valence-electron chi connectivity index (χ3n) is 4.36. The molecule has 6 heteroatoms. The molecular formula is C20H23ClN2O2S. The van der Waals surface area contributed by atoms with Gasteiger partial charge in [0.05, 0.1) is 13.2 Å². The summed E-state index contributed by atoms with van der Waals surface area (Å²) in [5, 5.41) is 4.73. The third kappa shape index (κ3) is 5.34. The summed E-state index contributed by atoms with van der Waals surface area (Å²) >= 11 is 11.7. The minimum absolute atomic E-state index is 0.220. The van der Waals surface area contributed by atoms with E-state index in [1.807, 2.05) is 48.5 Å². The van der Waals surface area contributed by atoms with Crippen molar-refractivity contribution in [2.24, 2.45) is 0 Å². The Balaban J connectivity index is 1.69. The number of thiocarbonyl (C=S) groups is 1. The maximum atomic E-state index is 6.00. The molecule has 0 aromatic heterocycles. The fourth-order valence-corrected chi connectivity index (χ4v) is 3.32. The molecule has 1 saturated heterocycles. The van der Waals surface area contributed by atoms with Crippen LogP contribution in [-0.2, 0) is 11.3 Å². The van der Waals surface area contributed by atoms with E-state index in [9.17, 15) is 0 Å².